The predicted molar refractivity (Wildman–Crippen MR) is 119 cm³/mol. The van der Waals surface area contributed by atoms with Crippen molar-refractivity contribution in [2.45, 2.75) is 92.9 Å². The smallest absolute Gasteiger partial charge is 0.0550 e. The Kier molecular flexibility index (Phi) is 5.22. The Hall–Kier alpha value is -0.303. The standard InChI is InChI=1S/C25H44Si/c1-13-12-14(2)24(15(13)3)26(10,11)25-21(9)20(8)22-18(6)16(4)17(5)19(7)23(22)25/h13-15,20-25H,12H2,1-11H3/t13?,14?,15?,20?,21?,22?,23-,24?,25?/m1/s1. The lowest BCUT2D eigenvalue weighted by Crippen LogP contribution is -2.46. The molecule has 0 N–H and O–H groups in total. The highest BCUT2D eigenvalue weighted by Gasteiger charge is 2.59. The molecule has 3 rings (SSSR count). The van der Waals surface area contributed by atoms with Crippen LogP contribution in [0.2, 0.25) is 24.2 Å². The Bertz CT molecular complexity index is 637. The highest BCUT2D eigenvalue weighted by atomic mass is 28.3. The molecule has 0 aromatic heterocycles. The second-order valence-electron chi connectivity index (χ2n) is 11.3. The fraction of sp³-hybridized carbons (Fsp3) is 0.840. The second kappa shape index (κ2) is 6.64. The summed E-state index contributed by atoms with van der Waals surface area (Å²) in [5.74, 6) is 6.08. The first-order chi connectivity index (χ1) is 11.9. The molecule has 2 saturated carbocycles. The Morgan fingerprint density at radius 2 is 1.12 bits per heavy atom. The average molecular weight is 373 g/mol. The normalized spacial score (nSPS) is 47.0. The van der Waals surface area contributed by atoms with Gasteiger partial charge in [-0.1, -0.05) is 58.9 Å². The molecule has 0 saturated heterocycles. The summed E-state index contributed by atoms with van der Waals surface area (Å²) in [5, 5.41) is 0. The topological polar surface area (TPSA) is 0 Å². The highest BCUT2D eigenvalue weighted by molar-refractivity contribution is 6.80. The molecular weight excluding hydrogens is 328 g/mol. The van der Waals surface area contributed by atoms with Crippen molar-refractivity contribution in [3.63, 3.8) is 0 Å². The van der Waals surface area contributed by atoms with Crippen molar-refractivity contribution >= 4 is 8.07 Å². The Labute approximate surface area is 164 Å². The van der Waals surface area contributed by atoms with Crippen LogP contribution in [-0.4, -0.2) is 8.07 Å². The lowest BCUT2D eigenvalue weighted by molar-refractivity contribution is 0.370. The maximum absolute atomic E-state index is 2.78. The van der Waals surface area contributed by atoms with Gasteiger partial charge in [-0.2, -0.15) is 0 Å². The first-order valence-corrected chi connectivity index (χ1v) is 14.4. The highest BCUT2D eigenvalue weighted by Crippen LogP contribution is 2.65. The molecule has 0 bridgehead atoms. The molecule has 0 aliphatic heterocycles. The van der Waals surface area contributed by atoms with Gasteiger partial charge in [0.25, 0.3) is 0 Å². The van der Waals surface area contributed by atoms with E-state index in [1.165, 1.54) is 6.42 Å². The lowest BCUT2D eigenvalue weighted by atomic mass is 9.72. The maximum atomic E-state index is 2.78. The van der Waals surface area contributed by atoms with E-state index in [4.69, 9.17) is 0 Å². The van der Waals surface area contributed by atoms with Crippen LogP contribution in [0.25, 0.3) is 0 Å². The van der Waals surface area contributed by atoms with Crippen LogP contribution in [0.5, 0.6) is 0 Å². The number of hydrogen-bond donors (Lipinski definition) is 0. The first kappa shape index (κ1) is 20.4. The van der Waals surface area contributed by atoms with Crippen molar-refractivity contribution in [2.75, 3.05) is 0 Å². The Morgan fingerprint density at radius 3 is 1.58 bits per heavy atom. The number of allylic oxidation sites excluding steroid dienone is 4. The molecule has 0 nitrogen and oxygen atoms in total. The second-order valence-corrected chi connectivity index (χ2v) is 16.3. The number of rotatable bonds is 2. The molecule has 0 aromatic rings. The maximum Gasteiger partial charge on any atom is 0.0550 e. The summed E-state index contributed by atoms with van der Waals surface area (Å²) in [7, 11) is -1.40. The van der Waals surface area contributed by atoms with Crippen molar-refractivity contribution in [1.82, 2.24) is 0 Å². The van der Waals surface area contributed by atoms with Gasteiger partial charge in [-0.15, -0.1) is 0 Å². The molecule has 2 fully saturated rings. The summed E-state index contributed by atoms with van der Waals surface area (Å²) >= 11 is 0. The van der Waals surface area contributed by atoms with Crippen LogP contribution < -0.4 is 0 Å². The summed E-state index contributed by atoms with van der Waals surface area (Å²) in [6.45, 7) is 28.1. The summed E-state index contributed by atoms with van der Waals surface area (Å²) in [6, 6.07) is 0. The molecule has 1 heteroatoms. The quantitative estimate of drug-likeness (QED) is 0.431. The number of hydrogen-bond acceptors (Lipinski definition) is 0. The largest absolute Gasteiger partial charge is 0.0689 e. The van der Waals surface area contributed by atoms with Gasteiger partial charge in [-0.05, 0) is 97.8 Å². The van der Waals surface area contributed by atoms with Crippen LogP contribution in [0.1, 0.15) is 68.7 Å². The Balaban J connectivity index is 2.08. The van der Waals surface area contributed by atoms with Crippen LogP contribution in [0, 0.1) is 41.4 Å². The minimum absolute atomic E-state index is 0.801. The summed E-state index contributed by atoms with van der Waals surface area (Å²) in [6.07, 6.45) is 1.46. The fourth-order valence-electron chi connectivity index (χ4n) is 8.42. The van der Waals surface area contributed by atoms with Gasteiger partial charge in [0, 0.05) is 0 Å². The van der Waals surface area contributed by atoms with E-state index in [1.807, 2.05) is 0 Å². The molecule has 26 heavy (non-hydrogen) atoms. The Morgan fingerprint density at radius 1 is 0.615 bits per heavy atom. The first-order valence-electron chi connectivity index (χ1n) is 11.3. The van der Waals surface area contributed by atoms with Gasteiger partial charge >= 0.3 is 0 Å². The van der Waals surface area contributed by atoms with E-state index >= 15 is 0 Å². The van der Waals surface area contributed by atoms with E-state index in [1.54, 1.807) is 22.3 Å². The number of fused-ring (bicyclic) bond motifs is 1. The molecule has 3 aliphatic rings. The van der Waals surface area contributed by atoms with E-state index in [-0.39, 0.29) is 0 Å². The molecule has 0 amide bonds. The van der Waals surface area contributed by atoms with Crippen molar-refractivity contribution in [3.05, 3.63) is 22.3 Å². The van der Waals surface area contributed by atoms with Crippen molar-refractivity contribution in [3.8, 4) is 0 Å². The van der Waals surface area contributed by atoms with Crippen LogP contribution in [0.4, 0.5) is 0 Å². The average Bonchev–Trinajstić information content (AvgIpc) is 2.97. The molecular formula is C25H44Si. The van der Waals surface area contributed by atoms with Gasteiger partial charge in [0.15, 0.2) is 0 Å². The van der Waals surface area contributed by atoms with Crippen LogP contribution in [0.15, 0.2) is 22.3 Å². The van der Waals surface area contributed by atoms with E-state index in [0.29, 0.717) is 0 Å². The molecule has 0 radical (unpaired) electrons. The van der Waals surface area contributed by atoms with Gasteiger partial charge in [0.05, 0.1) is 8.07 Å². The third kappa shape index (κ3) is 2.66. The third-order valence-electron chi connectivity index (χ3n) is 10.0. The SMILES string of the molecule is CC1=C(C)C2C(C)C(C)C([Si](C)(C)C3C(C)CC(C)C3C)[C@@H]2C(C)=C1C. The van der Waals surface area contributed by atoms with Crippen molar-refractivity contribution < 1.29 is 0 Å². The molecule has 148 valence electrons. The molecule has 0 aromatic carbocycles. The van der Waals surface area contributed by atoms with Crippen LogP contribution in [-0.2, 0) is 0 Å². The van der Waals surface area contributed by atoms with E-state index in [0.717, 1.165) is 52.5 Å². The van der Waals surface area contributed by atoms with Gasteiger partial charge < -0.3 is 0 Å². The van der Waals surface area contributed by atoms with Gasteiger partial charge in [0.2, 0.25) is 0 Å². The van der Waals surface area contributed by atoms with Crippen LogP contribution in [0.3, 0.4) is 0 Å². The lowest BCUT2D eigenvalue weighted by Gasteiger charge is -2.47. The van der Waals surface area contributed by atoms with Crippen molar-refractivity contribution in [2.24, 2.45) is 41.4 Å². The van der Waals surface area contributed by atoms with E-state index in [9.17, 15) is 0 Å². The minimum atomic E-state index is -1.40. The van der Waals surface area contributed by atoms with Crippen LogP contribution >= 0.6 is 0 Å². The predicted octanol–water partition coefficient (Wildman–Crippen LogP) is 7.95. The van der Waals surface area contributed by atoms with Gasteiger partial charge in [-0.25, -0.2) is 0 Å². The third-order valence-corrected chi connectivity index (χ3v) is 15.4. The molecule has 8 unspecified atom stereocenters. The zero-order valence-electron chi connectivity index (χ0n) is 19.4. The van der Waals surface area contributed by atoms with Crippen molar-refractivity contribution in [1.29, 1.82) is 0 Å². The molecule has 0 spiro atoms. The van der Waals surface area contributed by atoms with Gasteiger partial charge in [0.1, 0.15) is 0 Å². The fourth-order valence-corrected chi connectivity index (χ4v) is 15.2. The summed E-state index contributed by atoms with van der Waals surface area (Å²) < 4.78 is 0. The van der Waals surface area contributed by atoms with Gasteiger partial charge in [-0.3, -0.25) is 0 Å². The summed E-state index contributed by atoms with van der Waals surface area (Å²) in [4.78, 5) is 0. The van der Waals surface area contributed by atoms with E-state index < -0.39 is 8.07 Å². The van der Waals surface area contributed by atoms with E-state index in [2.05, 4.69) is 75.4 Å². The zero-order valence-corrected chi connectivity index (χ0v) is 20.4. The molecule has 9 atom stereocenters. The molecule has 3 aliphatic carbocycles. The summed E-state index contributed by atoms with van der Waals surface area (Å²) in [5.41, 5.74) is 8.61. The monoisotopic (exact) mass is 372 g/mol. The molecule has 0 heterocycles. The minimum Gasteiger partial charge on any atom is -0.0689 e. The zero-order chi connectivity index (χ0) is 19.7.